The Kier molecular flexibility index (Phi) is 6.58. The highest BCUT2D eigenvalue weighted by Gasteiger charge is 2.22. The predicted molar refractivity (Wildman–Crippen MR) is 154 cm³/mol. The minimum atomic E-state index is -0.299. The van der Waals surface area contributed by atoms with Crippen molar-refractivity contribution in [2.45, 2.75) is 19.9 Å². The van der Waals surface area contributed by atoms with Crippen molar-refractivity contribution >= 4 is 45.7 Å². The molecule has 0 aliphatic carbocycles. The second kappa shape index (κ2) is 10.2. The zero-order chi connectivity index (χ0) is 27.1. The van der Waals surface area contributed by atoms with Crippen LogP contribution in [0.3, 0.4) is 0 Å². The molecule has 0 saturated carbocycles. The van der Waals surface area contributed by atoms with Crippen molar-refractivity contribution in [3.8, 4) is 11.4 Å². The third-order valence-electron chi connectivity index (χ3n) is 7.17. The van der Waals surface area contributed by atoms with E-state index in [-0.39, 0.29) is 5.56 Å². The molecule has 3 aromatic heterocycles. The molecule has 0 radical (unpaired) electrons. The molecule has 0 spiro atoms. The van der Waals surface area contributed by atoms with Crippen LogP contribution < -0.4 is 20.5 Å². The maximum absolute atomic E-state index is 13.5. The van der Waals surface area contributed by atoms with Crippen LogP contribution in [0, 0.1) is 0 Å². The van der Waals surface area contributed by atoms with Crippen LogP contribution in [0.4, 0.5) is 17.3 Å². The van der Waals surface area contributed by atoms with Crippen molar-refractivity contribution < 1.29 is 4.74 Å². The number of methoxy groups -OCH3 is 1. The van der Waals surface area contributed by atoms with Gasteiger partial charge >= 0.3 is 0 Å². The SMILES string of the molecule is COc1cc(Nc2ncc3c(=O)n(-c4ccccc4Cl)c4nccn4c3n2)ccc1N1CCN(C(C)C)CC1. The second-order valence-electron chi connectivity index (χ2n) is 9.75. The lowest BCUT2D eigenvalue weighted by molar-refractivity contribution is 0.209. The van der Waals surface area contributed by atoms with E-state index >= 15 is 0 Å². The molecule has 39 heavy (non-hydrogen) atoms. The molecular formula is C28H29ClN8O2. The monoisotopic (exact) mass is 544 g/mol. The van der Waals surface area contributed by atoms with E-state index in [9.17, 15) is 4.79 Å². The van der Waals surface area contributed by atoms with Crippen LogP contribution in [0.2, 0.25) is 5.02 Å². The standard InChI is InChI=1S/C28H29ClN8O2/c1-18(2)34-12-14-35(15-13-34)23-9-8-19(16-24(23)39-3)32-27-31-17-20-25(33-27)36-11-10-30-28(36)37(26(20)38)22-7-5-4-6-21(22)29/h4-11,16-18H,12-15H2,1-3H3,(H,31,32,33). The first-order chi connectivity index (χ1) is 18.9. The minimum Gasteiger partial charge on any atom is -0.495 e. The second-order valence-corrected chi connectivity index (χ2v) is 10.2. The van der Waals surface area contributed by atoms with Crippen LogP contribution >= 0.6 is 11.6 Å². The molecule has 1 fully saturated rings. The molecule has 2 aromatic carbocycles. The fourth-order valence-electron chi connectivity index (χ4n) is 5.08. The van der Waals surface area contributed by atoms with E-state index in [1.807, 2.05) is 24.3 Å². The Labute approximate surface area is 230 Å². The van der Waals surface area contributed by atoms with Gasteiger partial charge in [0.05, 0.1) is 23.5 Å². The van der Waals surface area contributed by atoms with Gasteiger partial charge in [-0.05, 0) is 38.1 Å². The summed E-state index contributed by atoms with van der Waals surface area (Å²) < 4.78 is 8.98. The highest BCUT2D eigenvalue weighted by atomic mass is 35.5. The Bertz CT molecular complexity index is 1720. The smallest absolute Gasteiger partial charge is 0.270 e. The number of hydrogen-bond acceptors (Lipinski definition) is 8. The molecule has 11 heteroatoms. The van der Waals surface area contributed by atoms with Gasteiger partial charge in [-0.25, -0.2) is 14.5 Å². The van der Waals surface area contributed by atoms with Crippen LogP contribution in [-0.2, 0) is 0 Å². The molecule has 200 valence electrons. The van der Waals surface area contributed by atoms with Gasteiger partial charge in [0.1, 0.15) is 11.1 Å². The number of ether oxygens (including phenoxy) is 1. The van der Waals surface area contributed by atoms with Gasteiger partial charge in [-0.1, -0.05) is 23.7 Å². The summed E-state index contributed by atoms with van der Waals surface area (Å²) in [5.74, 6) is 1.54. The van der Waals surface area contributed by atoms with Crippen molar-refractivity contribution in [2.24, 2.45) is 0 Å². The molecule has 0 unspecified atom stereocenters. The largest absolute Gasteiger partial charge is 0.495 e. The quantitative estimate of drug-likeness (QED) is 0.337. The first-order valence-corrected chi connectivity index (χ1v) is 13.3. The van der Waals surface area contributed by atoms with E-state index in [1.165, 1.54) is 10.8 Å². The zero-order valence-electron chi connectivity index (χ0n) is 22.0. The Morgan fingerprint density at radius 3 is 2.56 bits per heavy atom. The van der Waals surface area contributed by atoms with Gasteiger partial charge in [0, 0.05) is 62.6 Å². The molecule has 1 N–H and O–H groups in total. The molecule has 4 heterocycles. The van der Waals surface area contributed by atoms with Gasteiger partial charge in [-0.3, -0.25) is 14.1 Å². The number of rotatable bonds is 6. The molecule has 0 atom stereocenters. The van der Waals surface area contributed by atoms with Crippen LogP contribution in [0.15, 0.2) is 65.8 Å². The third kappa shape index (κ3) is 4.55. The number of para-hydroxylation sites is 1. The number of aromatic nitrogens is 5. The molecule has 0 amide bonds. The van der Waals surface area contributed by atoms with Crippen molar-refractivity contribution in [3.05, 3.63) is 76.4 Å². The highest BCUT2D eigenvalue weighted by molar-refractivity contribution is 6.32. The van der Waals surface area contributed by atoms with E-state index in [1.54, 1.807) is 36.0 Å². The predicted octanol–water partition coefficient (Wildman–Crippen LogP) is 4.36. The summed E-state index contributed by atoms with van der Waals surface area (Å²) in [5, 5.41) is 4.06. The summed E-state index contributed by atoms with van der Waals surface area (Å²) in [6.45, 7) is 8.40. The number of hydrogen-bond donors (Lipinski definition) is 1. The number of anilines is 3. The van der Waals surface area contributed by atoms with Gasteiger partial charge in [0.25, 0.3) is 5.56 Å². The fraction of sp³-hybridized carbons (Fsp3) is 0.286. The zero-order valence-corrected chi connectivity index (χ0v) is 22.8. The van der Waals surface area contributed by atoms with Crippen molar-refractivity contribution in [1.29, 1.82) is 0 Å². The first-order valence-electron chi connectivity index (χ1n) is 12.9. The van der Waals surface area contributed by atoms with Crippen LogP contribution in [0.1, 0.15) is 13.8 Å². The number of fused-ring (bicyclic) bond motifs is 3. The van der Waals surface area contributed by atoms with Gasteiger partial charge in [0.15, 0.2) is 5.65 Å². The topological polar surface area (TPSA) is 92.8 Å². The Hall–Kier alpha value is -4.15. The molecule has 5 aromatic rings. The molecule has 1 aliphatic heterocycles. The van der Waals surface area contributed by atoms with Gasteiger partial charge in [0.2, 0.25) is 11.7 Å². The summed E-state index contributed by atoms with van der Waals surface area (Å²) in [7, 11) is 1.68. The van der Waals surface area contributed by atoms with E-state index in [0.717, 1.165) is 43.3 Å². The molecule has 1 saturated heterocycles. The Morgan fingerprint density at radius 1 is 1.03 bits per heavy atom. The number of imidazole rings is 1. The Balaban J connectivity index is 1.33. The normalized spacial score (nSPS) is 14.4. The van der Waals surface area contributed by atoms with Crippen molar-refractivity contribution in [3.63, 3.8) is 0 Å². The number of piperazine rings is 1. The first kappa shape index (κ1) is 25.1. The summed E-state index contributed by atoms with van der Waals surface area (Å²) in [6.07, 6.45) is 4.92. The Morgan fingerprint density at radius 2 is 1.82 bits per heavy atom. The van der Waals surface area contributed by atoms with Gasteiger partial charge < -0.3 is 15.0 Å². The highest BCUT2D eigenvalue weighted by Crippen LogP contribution is 2.33. The van der Waals surface area contributed by atoms with Crippen LogP contribution in [-0.4, -0.2) is 68.2 Å². The third-order valence-corrected chi connectivity index (χ3v) is 7.49. The summed E-state index contributed by atoms with van der Waals surface area (Å²) >= 11 is 6.42. The summed E-state index contributed by atoms with van der Waals surface area (Å²) in [6, 6.07) is 13.7. The lowest BCUT2D eigenvalue weighted by Gasteiger charge is -2.38. The van der Waals surface area contributed by atoms with Crippen LogP contribution in [0.5, 0.6) is 5.75 Å². The lowest BCUT2D eigenvalue weighted by atomic mass is 10.2. The average molecular weight is 545 g/mol. The molecule has 0 bridgehead atoms. The number of benzene rings is 2. The number of nitrogens with zero attached hydrogens (tertiary/aromatic N) is 7. The number of nitrogens with one attached hydrogen (secondary N) is 1. The fourth-order valence-corrected chi connectivity index (χ4v) is 5.30. The van der Waals surface area contributed by atoms with Crippen molar-refractivity contribution in [2.75, 3.05) is 43.5 Å². The molecule has 6 rings (SSSR count). The van der Waals surface area contributed by atoms with Crippen molar-refractivity contribution in [1.82, 2.24) is 28.8 Å². The summed E-state index contributed by atoms with van der Waals surface area (Å²) in [5.41, 5.74) is 2.53. The minimum absolute atomic E-state index is 0.299. The maximum Gasteiger partial charge on any atom is 0.270 e. The molecule has 1 aliphatic rings. The van der Waals surface area contributed by atoms with E-state index in [2.05, 4.69) is 50.0 Å². The van der Waals surface area contributed by atoms with E-state index in [4.69, 9.17) is 16.3 Å². The van der Waals surface area contributed by atoms with Crippen LogP contribution in [0.25, 0.3) is 22.5 Å². The van der Waals surface area contributed by atoms with E-state index in [0.29, 0.717) is 39.5 Å². The lowest BCUT2D eigenvalue weighted by Crippen LogP contribution is -2.49. The number of halogens is 1. The average Bonchev–Trinajstić information content (AvgIpc) is 3.44. The maximum atomic E-state index is 13.5. The molecular weight excluding hydrogens is 516 g/mol. The van der Waals surface area contributed by atoms with E-state index < -0.39 is 0 Å². The molecule has 10 nitrogen and oxygen atoms in total. The van der Waals surface area contributed by atoms with Gasteiger partial charge in [-0.15, -0.1) is 0 Å². The summed E-state index contributed by atoms with van der Waals surface area (Å²) in [4.78, 5) is 31.9. The van der Waals surface area contributed by atoms with Gasteiger partial charge in [-0.2, -0.15) is 4.98 Å².